The van der Waals surface area contributed by atoms with Crippen LogP contribution in [-0.2, 0) is 15.3 Å². The number of hydrogen-bond donors (Lipinski definition) is 2. The minimum Gasteiger partial charge on any atom is -0.481 e. The van der Waals surface area contributed by atoms with E-state index in [1.807, 2.05) is 24.3 Å². The van der Waals surface area contributed by atoms with Gasteiger partial charge in [-0.05, 0) is 29.5 Å². The Morgan fingerprint density at radius 2 is 1.95 bits per heavy atom. The van der Waals surface area contributed by atoms with E-state index in [2.05, 4.69) is 26.1 Å². The molecule has 4 nitrogen and oxygen atoms in total. The molecule has 0 heterocycles. The van der Waals surface area contributed by atoms with Crippen molar-refractivity contribution in [2.75, 3.05) is 11.1 Å². The molecular formula is C17H25NO3S. The molecular weight excluding hydrogens is 298 g/mol. The highest BCUT2D eigenvalue weighted by atomic mass is 32.2. The third kappa shape index (κ3) is 8.72. The van der Waals surface area contributed by atoms with E-state index in [1.54, 1.807) is 11.8 Å². The summed E-state index contributed by atoms with van der Waals surface area (Å²) >= 11 is 1.58. The molecule has 1 aromatic rings. The lowest BCUT2D eigenvalue weighted by atomic mass is 9.90. The molecule has 1 amide bonds. The standard InChI is InChI=1S/C17H25NO3S/c1-17(2,3)9-7-15(19)18-14-6-4-5-13(11-14)12-22-10-8-16(20)21/h4-6,11H,7-10,12H2,1-3H3,(H,18,19)(H,20,21). The number of rotatable bonds is 8. The second kappa shape index (κ2) is 8.83. The van der Waals surface area contributed by atoms with Crippen LogP contribution in [-0.4, -0.2) is 22.7 Å². The predicted molar refractivity (Wildman–Crippen MR) is 92.2 cm³/mol. The van der Waals surface area contributed by atoms with Crippen LogP contribution in [0.1, 0.15) is 45.6 Å². The summed E-state index contributed by atoms with van der Waals surface area (Å²) in [6.07, 6.45) is 1.54. The topological polar surface area (TPSA) is 66.4 Å². The first-order chi connectivity index (χ1) is 10.3. The zero-order valence-corrected chi connectivity index (χ0v) is 14.3. The minimum atomic E-state index is -0.771. The number of hydrogen-bond acceptors (Lipinski definition) is 3. The van der Waals surface area contributed by atoms with Crippen molar-refractivity contribution in [1.82, 2.24) is 0 Å². The van der Waals surface area contributed by atoms with Crippen molar-refractivity contribution < 1.29 is 14.7 Å². The molecule has 0 aliphatic rings. The van der Waals surface area contributed by atoms with E-state index < -0.39 is 5.97 Å². The molecule has 0 saturated carbocycles. The van der Waals surface area contributed by atoms with Crippen molar-refractivity contribution in [3.63, 3.8) is 0 Å². The number of carboxylic acid groups (broad SMARTS) is 1. The third-order valence-corrected chi connectivity index (χ3v) is 4.07. The Kier molecular flexibility index (Phi) is 7.45. The first-order valence-corrected chi connectivity index (χ1v) is 8.60. The van der Waals surface area contributed by atoms with Gasteiger partial charge in [0.2, 0.25) is 5.91 Å². The Morgan fingerprint density at radius 1 is 1.23 bits per heavy atom. The molecule has 0 atom stereocenters. The maximum Gasteiger partial charge on any atom is 0.304 e. The Hall–Kier alpha value is -1.49. The zero-order valence-electron chi connectivity index (χ0n) is 13.5. The first-order valence-electron chi connectivity index (χ1n) is 7.44. The van der Waals surface area contributed by atoms with Crippen molar-refractivity contribution in [2.24, 2.45) is 5.41 Å². The highest BCUT2D eigenvalue weighted by Crippen LogP contribution is 2.21. The summed E-state index contributed by atoms with van der Waals surface area (Å²) in [5.41, 5.74) is 2.04. The summed E-state index contributed by atoms with van der Waals surface area (Å²) in [6, 6.07) is 7.72. The zero-order chi connectivity index (χ0) is 16.6. The Balaban J connectivity index is 2.43. The summed E-state index contributed by atoms with van der Waals surface area (Å²) < 4.78 is 0. The van der Waals surface area contributed by atoms with Crippen molar-refractivity contribution >= 4 is 29.3 Å². The van der Waals surface area contributed by atoms with Crippen molar-refractivity contribution in [3.05, 3.63) is 29.8 Å². The maximum absolute atomic E-state index is 11.9. The average Bonchev–Trinajstić information content (AvgIpc) is 2.41. The molecule has 0 bridgehead atoms. The molecule has 5 heteroatoms. The van der Waals surface area contributed by atoms with Crippen LogP contribution in [0.5, 0.6) is 0 Å². The molecule has 0 unspecified atom stereocenters. The van der Waals surface area contributed by atoms with E-state index in [1.165, 1.54) is 0 Å². The third-order valence-electron chi connectivity index (χ3n) is 3.04. The van der Waals surface area contributed by atoms with Crippen LogP contribution < -0.4 is 5.32 Å². The number of amides is 1. The number of carbonyl (C=O) groups excluding carboxylic acids is 1. The molecule has 2 N–H and O–H groups in total. The average molecular weight is 323 g/mol. The maximum atomic E-state index is 11.9. The van der Waals surface area contributed by atoms with E-state index in [-0.39, 0.29) is 17.7 Å². The van der Waals surface area contributed by atoms with Gasteiger partial charge in [-0.1, -0.05) is 32.9 Å². The van der Waals surface area contributed by atoms with E-state index in [4.69, 9.17) is 5.11 Å². The van der Waals surface area contributed by atoms with Crippen LogP contribution in [0.3, 0.4) is 0 Å². The molecule has 1 rings (SSSR count). The van der Waals surface area contributed by atoms with Gasteiger partial charge >= 0.3 is 5.97 Å². The second-order valence-electron chi connectivity index (χ2n) is 6.51. The summed E-state index contributed by atoms with van der Waals surface area (Å²) in [5, 5.41) is 11.5. The van der Waals surface area contributed by atoms with Crippen molar-refractivity contribution in [1.29, 1.82) is 0 Å². The highest BCUT2D eigenvalue weighted by Gasteiger charge is 2.13. The molecule has 0 aromatic heterocycles. The van der Waals surface area contributed by atoms with Gasteiger partial charge in [0.25, 0.3) is 0 Å². The summed E-state index contributed by atoms with van der Waals surface area (Å²) in [5.74, 6) is 0.606. The Labute approximate surface area is 136 Å². The Bertz CT molecular complexity index is 509. The molecule has 0 fully saturated rings. The molecule has 0 radical (unpaired) electrons. The summed E-state index contributed by atoms with van der Waals surface area (Å²) in [6.45, 7) is 6.36. The van der Waals surface area contributed by atoms with E-state index in [0.717, 1.165) is 23.4 Å². The largest absolute Gasteiger partial charge is 0.481 e. The van der Waals surface area contributed by atoms with Gasteiger partial charge in [-0.2, -0.15) is 11.8 Å². The minimum absolute atomic E-state index is 0.0330. The number of benzene rings is 1. The number of thioether (sulfide) groups is 1. The number of carbonyl (C=O) groups is 2. The first kappa shape index (κ1) is 18.6. The van der Waals surface area contributed by atoms with Crippen LogP contribution in [0.4, 0.5) is 5.69 Å². The van der Waals surface area contributed by atoms with Gasteiger partial charge < -0.3 is 10.4 Å². The van der Waals surface area contributed by atoms with Crippen LogP contribution in [0.25, 0.3) is 0 Å². The van der Waals surface area contributed by atoms with Gasteiger partial charge in [-0.25, -0.2) is 0 Å². The molecule has 22 heavy (non-hydrogen) atoms. The van der Waals surface area contributed by atoms with E-state index >= 15 is 0 Å². The van der Waals surface area contributed by atoms with E-state index in [0.29, 0.717) is 12.2 Å². The van der Waals surface area contributed by atoms with Crippen molar-refractivity contribution in [2.45, 2.75) is 45.8 Å². The summed E-state index contributed by atoms with van der Waals surface area (Å²) in [7, 11) is 0. The second-order valence-corrected chi connectivity index (χ2v) is 7.61. The highest BCUT2D eigenvalue weighted by molar-refractivity contribution is 7.98. The van der Waals surface area contributed by atoms with E-state index in [9.17, 15) is 9.59 Å². The Morgan fingerprint density at radius 3 is 2.59 bits per heavy atom. The number of anilines is 1. The van der Waals surface area contributed by atoms with Gasteiger partial charge in [0.1, 0.15) is 0 Å². The lowest BCUT2D eigenvalue weighted by Crippen LogP contribution is -2.15. The van der Waals surface area contributed by atoms with Crippen LogP contribution >= 0.6 is 11.8 Å². The van der Waals surface area contributed by atoms with Gasteiger partial charge in [-0.3, -0.25) is 9.59 Å². The number of carboxylic acids is 1. The van der Waals surface area contributed by atoms with Crippen LogP contribution in [0, 0.1) is 5.41 Å². The lowest BCUT2D eigenvalue weighted by molar-refractivity contribution is -0.136. The molecule has 0 saturated heterocycles. The number of aliphatic carboxylic acids is 1. The molecule has 122 valence electrons. The monoisotopic (exact) mass is 323 g/mol. The van der Waals surface area contributed by atoms with Gasteiger partial charge in [0, 0.05) is 23.6 Å². The van der Waals surface area contributed by atoms with Gasteiger partial charge in [0.05, 0.1) is 6.42 Å². The lowest BCUT2D eigenvalue weighted by Gasteiger charge is -2.17. The fourth-order valence-electron chi connectivity index (χ4n) is 1.80. The smallest absolute Gasteiger partial charge is 0.304 e. The quantitative estimate of drug-likeness (QED) is 0.705. The predicted octanol–water partition coefficient (Wildman–Crippen LogP) is 4.16. The van der Waals surface area contributed by atoms with Crippen LogP contribution in [0.2, 0.25) is 0 Å². The molecule has 0 spiro atoms. The molecule has 1 aromatic carbocycles. The molecule has 0 aliphatic carbocycles. The van der Waals surface area contributed by atoms with Gasteiger partial charge in [-0.15, -0.1) is 0 Å². The summed E-state index contributed by atoms with van der Waals surface area (Å²) in [4.78, 5) is 22.4. The fraction of sp³-hybridized carbons (Fsp3) is 0.529. The fourth-order valence-corrected chi connectivity index (χ4v) is 2.68. The normalized spacial score (nSPS) is 11.2. The van der Waals surface area contributed by atoms with Gasteiger partial charge in [0.15, 0.2) is 0 Å². The molecule has 0 aliphatic heterocycles. The number of nitrogens with one attached hydrogen (secondary N) is 1. The van der Waals surface area contributed by atoms with Crippen LogP contribution in [0.15, 0.2) is 24.3 Å². The SMILES string of the molecule is CC(C)(C)CCC(=O)Nc1cccc(CSCCC(=O)O)c1. The van der Waals surface area contributed by atoms with Crippen molar-refractivity contribution in [3.8, 4) is 0 Å².